The van der Waals surface area contributed by atoms with Crippen LogP contribution in [0, 0.1) is 6.92 Å². The molecule has 0 radical (unpaired) electrons. The number of aliphatic imine (C=N–C) groups is 1. The highest BCUT2D eigenvalue weighted by Crippen LogP contribution is 2.08. The van der Waals surface area contributed by atoms with E-state index in [2.05, 4.69) is 41.1 Å². The van der Waals surface area contributed by atoms with Crippen molar-refractivity contribution in [3.8, 4) is 0 Å². The van der Waals surface area contributed by atoms with E-state index in [-0.39, 0.29) is 5.91 Å². The Kier molecular flexibility index (Phi) is 10.9. The zero-order valence-electron chi connectivity index (χ0n) is 16.5. The van der Waals surface area contributed by atoms with Crippen LogP contribution in [0.4, 0.5) is 0 Å². The molecule has 2 N–H and O–H groups in total. The van der Waals surface area contributed by atoms with Gasteiger partial charge in [0.1, 0.15) is 0 Å². The molecule has 26 heavy (non-hydrogen) atoms. The van der Waals surface area contributed by atoms with Crippen molar-refractivity contribution < 1.29 is 9.21 Å². The number of aryl methyl sites for hydroxylation is 1. The van der Waals surface area contributed by atoms with Gasteiger partial charge in [0.25, 0.3) is 5.91 Å². The Labute approximate surface area is 157 Å². The van der Waals surface area contributed by atoms with Gasteiger partial charge < -0.3 is 20.0 Å². The van der Waals surface area contributed by atoms with Gasteiger partial charge in [-0.05, 0) is 45.6 Å². The molecule has 0 fully saturated rings. The molecule has 0 aliphatic rings. The minimum absolute atomic E-state index is 0.167. The smallest absolute Gasteiger partial charge is 0.287 e. The minimum Gasteiger partial charge on any atom is -0.459 e. The maximum Gasteiger partial charge on any atom is 0.287 e. The van der Waals surface area contributed by atoms with Gasteiger partial charge in [0.2, 0.25) is 0 Å². The molecule has 1 amide bonds. The van der Waals surface area contributed by atoms with Crippen LogP contribution in [0.1, 0.15) is 55.1 Å². The number of allylic oxidation sites excluding steroid dienone is 1. The second kappa shape index (κ2) is 13.0. The highest BCUT2D eigenvalue weighted by molar-refractivity contribution is 5.92. The fourth-order valence-electron chi connectivity index (χ4n) is 2.54. The lowest BCUT2D eigenvalue weighted by Crippen LogP contribution is -2.39. The summed E-state index contributed by atoms with van der Waals surface area (Å²) in [5.41, 5.74) is 0.852. The number of amides is 1. The van der Waals surface area contributed by atoms with Crippen molar-refractivity contribution in [2.24, 2.45) is 4.99 Å². The third-order valence-corrected chi connectivity index (χ3v) is 4.05. The van der Waals surface area contributed by atoms with Crippen molar-refractivity contribution >= 4 is 11.9 Å². The minimum atomic E-state index is -0.167. The molecule has 1 aromatic heterocycles. The Morgan fingerprint density at radius 1 is 1.31 bits per heavy atom. The number of nitrogens with zero attached hydrogens (tertiary/aromatic N) is 2. The predicted molar refractivity (Wildman–Crippen MR) is 108 cm³/mol. The molecule has 1 rings (SSSR count). The van der Waals surface area contributed by atoms with E-state index in [1.54, 1.807) is 6.07 Å². The number of carbonyl (C=O) groups excluding carboxylic acids is 1. The molecule has 6 heteroatoms. The number of rotatable bonds is 12. The van der Waals surface area contributed by atoms with Crippen molar-refractivity contribution in [1.29, 1.82) is 0 Å². The summed E-state index contributed by atoms with van der Waals surface area (Å²) in [6, 6.07) is 1.79. The summed E-state index contributed by atoms with van der Waals surface area (Å²) in [6.45, 7) is 10.8. The van der Waals surface area contributed by atoms with Gasteiger partial charge in [-0.2, -0.15) is 0 Å². The number of hydrogen-bond acceptors (Lipinski definition) is 3. The Balaban J connectivity index is 2.30. The quantitative estimate of drug-likeness (QED) is 0.259. The third kappa shape index (κ3) is 8.23. The largest absolute Gasteiger partial charge is 0.459 e. The monoisotopic (exact) mass is 362 g/mol. The second-order valence-electron chi connectivity index (χ2n) is 6.34. The van der Waals surface area contributed by atoms with Crippen LogP contribution in [0.2, 0.25) is 0 Å². The van der Waals surface area contributed by atoms with Gasteiger partial charge in [0.05, 0.1) is 6.26 Å². The molecular weight excluding hydrogens is 328 g/mol. The lowest BCUT2D eigenvalue weighted by Gasteiger charge is -2.22. The van der Waals surface area contributed by atoms with Gasteiger partial charge in [-0.25, -0.2) is 0 Å². The first-order chi connectivity index (χ1) is 12.6. The van der Waals surface area contributed by atoms with E-state index in [1.807, 2.05) is 13.0 Å². The van der Waals surface area contributed by atoms with Gasteiger partial charge >= 0.3 is 0 Å². The van der Waals surface area contributed by atoms with E-state index >= 15 is 0 Å². The first-order valence-corrected chi connectivity index (χ1v) is 9.52. The van der Waals surface area contributed by atoms with Crippen LogP contribution < -0.4 is 10.6 Å². The normalized spacial score (nSPS) is 11.3. The lowest BCUT2D eigenvalue weighted by atomic mass is 10.2. The third-order valence-electron chi connectivity index (χ3n) is 4.05. The topological polar surface area (TPSA) is 69.9 Å². The van der Waals surface area contributed by atoms with Crippen molar-refractivity contribution in [2.45, 2.75) is 46.0 Å². The highest BCUT2D eigenvalue weighted by Gasteiger charge is 2.11. The first-order valence-electron chi connectivity index (χ1n) is 9.52. The molecule has 0 spiro atoms. The van der Waals surface area contributed by atoms with Crippen LogP contribution in [0.15, 0.2) is 34.4 Å². The van der Waals surface area contributed by atoms with Crippen LogP contribution in [0.3, 0.4) is 0 Å². The van der Waals surface area contributed by atoms with E-state index in [1.165, 1.54) is 19.1 Å². The Bertz CT molecular complexity index is 566. The van der Waals surface area contributed by atoms with Crippen LogP contribution in [0.5, 0.6) is 0 Å². The average molecular weight is 363 g/mol. The molecule has 1 heterocycles. The number of hydrogen-bond donors (Lipinski definition) is 2. The summed E-state index contributed by atoms with van der Waals surface area (Å²) >= 11 is 0. The SMILES string of the molecule is C=CCCCCCN(C)C(=NCCCNC(=O)c1occc1C)NCC. The number of nitrogens with one attached hydrogen (secondary N) is 2. The van der Waals surface area contributed by atoms with Crippen LogP contribution in [-0.2, 0) is 0 Å². The molecule has 0 aliphatic heterocycles. The van der Waals surface area contributed by atoms with Crippen molar-refractivity contribution in [3.05, 3.63) is 36.3 Å². The zero-order chi connectivity index (χ0) is 19.2. The van der Waals surface area contributed by atoms with E-state index < -0.39 is 0 Å². The zero-order valence-corrected chi connectivity index (χ0v) is 16.5. The van der Waals surface area contributed by atoms with Gasteiger partial charge in [-0.3, -0.25) is 9.79 Å². The summed E-state index contributed by atoms with van der Waals surface area (Å²) in [5, 5.41) is 6.19. The Hall–Kier alpha value is -2.24. The molecule has 6 nitrogen and oxygen atoms in total. The maximum atomic E-state index is 12.0. The average Bonchev–Trinajstić information content (AvgIpc) is 3.06. The van der Waals surface area contributed by atoms with Crippen LogP contribution in [-0.4, -0.2) is 50.0 Å². The van der Waals surface area contributed by atoms with Crippen LogP contribution in [0.25, 0.3) is 0 Å². The predicted octanol–water partition coefficient (Wildman–Crippen LogP) is 3.35. The summed E-state index contributed by atoms with van der Waals surface area (Å²) in [4.78, 5) is 18.8. The molecule has 0 saturated heterocycles. The van der Waals surface area contributed by atoms with Crippen molar-refractivity contribution in [2.75, 3.05) is 33.2 Å². The van der Waals surface area contributed by atoms with Gasteiger partial charge in [0.15, 0.2) is 11.7 Å². The molecule has 0 unspecified atom stereocenters. The molecule has 0 saturated carbocycles. The standard InChI is InChI=1S/C20H34N4O2/c1-5-7-8-9-10-15-24(4)20(21-6-2)23-14-11-13-22-19(25)18-17(3)12-16-26-18/h5,12,16H,1,6-11,13-15H2,2-4H3,(H,21,23)(H,22,25). The fourth-order valence-corrected chi connectivity index (χ4v) is 2.54. The number of carbonyl (C=O) groups is 1. The molecule has 0 aliphatic carbocycles. The van der Waals surface area contributed by atoms with Gasteiger partial charge in [0, 0.05) is 38.8 Å². The van der Waals surface area contributed by atoms with Gasteiger partial charge in [-0.15, -0.1) is 6.58 Å². The number of unbranched alkanes of at least 4 members (excludes halogenated alkanes) is 3. The van der Waals surface area contributed by atoms with E-state index in [4.69, 9.17) is 4.42 Å². The highest BCUT2D eigenvalue weighted by atomic mass is 16.3. The second-order valence-corrected chi connectivity index (χ2v) is 6.34. The fraction of sp³-hybridized carbons (Fsp3) is 0.600. The first kappa shape index (κ1) is 21.8. The van der Waals surface area contributed by atoms with E-state index in [9.17, 15) is 4.79 Å². The molecular formula is C20H34N4O2. The molecule has 146 valence electrons. The Morgan fingerprint density at radius 3 is 2.77 bits per heavy atom. The summed E-state index contributed by atoms with van der Waals surface area (Å²) in [6.07, 6.45) is 8.92. The van der Waals surface area contributed by atoms with E-state index in [0.29, 0.717) is 18.8 Å². The summed E-state index contributed by atoms with van der Waals surface area (Å²) < 4.78 is 5.19. The molecule has 0 bridgehead atoms. The van der Waals surface area contributed by atoms with Gasteiger partial charge in [-0.1, -0.05) is 12.5 Å². The number of furan rings is 1. The van der Waals surface area contributed by atoms with Crippen LogP contribution >= 0.6 is 0 Å². The van der Waals surface area contributed by atoms with Crippen molar-refractivity contribution in [1.82, 2.24) is 15.5 Å². The summed E-state index contributed by atoms with van der Waals surface area (Å²) in [7, 11) is 2.07. The molecule has 0 aromatic carbocycles. The molecule has 0 atom stereocenters. The summed E-state index contributed by atoms with van der Waals surface area (Å²) in [5.74, 6) is 1.14. The maximum absolute atomic E-state index is 12.0. The van der Waals surface area contributed by atoms with E-state index in [0.717, 1.165) is 43.9 Å². The van der Waals surface area contributed by atoms with Crippen molar-refractivity contribution in [3.63, 3.8) is 0 Å². The lowest BCUT2D eigenvalue weighted by molar-refractivity contribution is 0.0925. The Morgan fingerprint density at radius 2 is 2.12 bits per heavy atom. The molecule has 1 aromatic rings. The number of guanidine groups is 1.